The second kappa shape index (κ2) is 9.34. The number of aromatic nitrogens is 2. The van der Waals surface area contributed by atoms with Crippen molar-refractivity contribution in [2.75, 3.05) is 12.3 Å². The van der Waals surface area contributed by atoms with E-state index in [2.05, 4.69) is 29.1 Å². The smallest absolute Gasteiger partial charge is 0.187 e. The average molecular weight is 267 g/mol. The van der Waals surface area contributed by atoms with Gasteiger partial charge in [0.05, 0.1) is 0 Å². The summed E-state index contributed by atoms with van der Waals surface area (Å²) < 4.78 is 0. The van der Waals surface area contributed by atoms with Crippen LogP contribution in [-0.2, 0) is 0 Å². The Morgan fingerprint density at radius 3 is 2.94 bits per heavy atom. The standard InChI is InChI=1S/C14H25N3S/c1-4-9-15-12(2)7-5-6-11-18-14-16-10-8-13(3)17-14/h8,10,12,15H,4-7,9,11H2,1-3H3. The Morgan fingerprint density at radius 1 is 1.39 bits per heavy atom. The molecule has 1 rings (SSSR count). The van der Waals surface area contributed by atoms with E-state index in [1.807, 2.05) is 19.2 Å². The van der Waals surface area contributed by atoms with Crippen molar-refractivity contribution in [3.8, 4) is 0 Å². The third kappa shape index (κ3) is 6.97. The molecule has 0 aliphatic carbocycles. The number of unbranched alkanes of at least 4 members (excludes halogenated alkanes) is 1. The molecule has 0 aliphatic rings. The Bertz CT molecular complexity index is 331. The van der Waals surface area contributed by atoms with Gasteiger partial charge in [-0.15, -0.1) is 0 Å². The van der Waals surface area contributed by atoms with Gasteiger partial charge in [0.15, 0.2) is 5.16 Å². The van der Waals surface area contributed by atoms with Crippen molar-refractivity contribution in [3.63, 3.8) is 0 Å². The molecule has 4 heteroatoms. The fourth-order valence-electron chi connectivity index (χ4n) is 1.70. The molecule has 18 heavy (non-hydrogen) atoms. The number of rotatable bonds is 9. The van der Waals surface area contributed by atoms with Crippen LogP contribution in [0.2, 0.25) is 0 Å². The lowest BCUT2D eigenvalue weighted by molar-refractivity contribution is 0.496. The minimum atomic E-state index is 0.644. The summed E-state index contributed by atoms with van der Waals surface area (Å²) in [7, 11) is 0. The predicted octanol–water partition coefficient (Wildman–Crippen LogP) is 3.44. The molecule has 0 radical (unpaired) electrons. The summed E-state index contributed by atoms with van der Waals surface area (Å²) in [6, 6.07) is 2.58. The van der Waals surface area contributed by atoms with Crippen molar-refractivity contribution in [1.82, 2.24) is 15.3 Å². The molecule has 0 aliphatic heterocycles. The summed E-state index contributed by atoms with van der Waals surface area (Å²) >= 11 is 1.76. The summed E-state index contributed by atoms with van der Waals surface area (Å²) in [6.45, 7) is 7.62. The zero-order valence-corrected chi connectivity index (χ0v) is 12.6. The van der Waals surface area contributed by atoms with Crippen LogP contribution in [0.3, 0.4) is 0 Å². The molecule has 0 saturated heterocycles. The van der Waals surface area contributed by atoms with Crippen molar-refractivity contribution in [1.29, 1.82) is 0 Å². The van der Waals surface area contributed by atoms with E-state index in [4.69, 9.17) is 0 Å². The van der Waals surface area contributed by atoms with Gasteiger partial charge in [-0.05, 0) is 45.7 Å². The fourth-order valence-corrected chi connectivity index (χ4v) is 2.58. The second-order valence-corrected chi connectivity index (χ2v) is 5.74. The van der Waals surface area contributed by atoms with Crippen molar-refractivity contribution in [2.24, 2.45) is 0 Å². The van der Waals surface area contributed by atoms with Crippen LogP contribution in [0.15, 0.2) is 17.4 Å². The van der Waals surface area contributed by atoms with Crippen LogP contribution < -0.4 is 5.32 Å². The summed E-state index contributed by atoms with van der Waals surface area (Å²) in [5, 5.41) is 4.43. The molecular weight excluding hydrogens is 242 g/mol. The van der Waals surface area contributed by atoms with Crippen molar-refractivity contribution in [2.45, 2.75) is 57.7 Å². The highest BCUT2D eigenvalue weighted by molar-refractivity contribution is 7.99. The first-order valence-corrected chi connectivity index (χ1v) is 7.86. The molecule has 0 fully saturated rings. The molecule has 0 saturated carbocycles. The quantitative estimate of drug-likeness (QED) is 0.422. The molecule has 1 atom stereocenters. The minimum Gasteiger partial charge on any atom is -0.314 e. The third-order valence-electron chi connectivity index (χ3n) is 2.78. The normalized spacial score (nSPS) is 12.6. The Balaban J connectivity index is 2.05. The zero-order valence-electron chi connectivity index (χ0n) is 11.8. The SMILES string of the molecule is CCCNC(C)CCCCSc1nccc(C)n1. The van der Waals surface area contributed by atoms with Gasteiger partial charge in [0.1, 0.15) is 0 Å². The number of hydrogen-bond donors (Lipinski definition) is 1. The highest BCUT2D eigenvalue weighted by Gasteiger charge is 2.01. The van der Waals surface area contributed by atoms with E-state index in [0.717, 1.165) is 23.1 Å². The molecular formula is C14H25N3S. The van der Waals surface area contributed by atoms with Crippen molar-refractivity contribution < 1.29 is 0 Å². The summed E-state index contributed by atoms with van der Waals surface area (Å²) in [5.41, 5.74) is 1.05. The Morgan fingerprint density at radius 2 is 2.22 bits per heavy atom. The van der Waals surface area contributed by atoms with E-state index in [-0.39, 0.29) is 0 Å². The first-order chi connectivity index (χ1) is 8.72. The summed E-state index contributed by atoms with van der Waals surface area (Å²) in [6.07, 6.45) is 6.82. The highest BCUT2D eigenvalue weighted by atomic mass is 32.2. The Labute approximate surface area is 115 Å². The van der Waals surface area contributed by atoms with E-state index < -0.39 is 0 Å². The number of aryl methyl sites for hydroxylation is 1. The lowest BCUT2D eigenvalue weighted by atomic mass is 10.1. The maximum atomic E-state index is 4.39. The third-order valence-corrected chi connectivity index (χ3v) is 3.73. The number of hydrogen-bond acceptors (Lipinski definition) is 4. The monoisotopic (exact) mass is 267 g/mol. The predicted molar refractivity (Wildman–Crippen MR) is 79.1 cm³/mol. The lowest BCUT2D eigenvalue weighted by Crippen LogP contribution is -2.26. The number of thioether (sulfide) groups is 1. The van der Waals surface area contributed by atoms with Crippen LogP contribution in [0.4, 0.5) is 0 Å². The molecule has 1 aromatic rings. The highest BCUT2D eigenvalue weighted by Crippen LogP contribution is 2.15. The van der Waals surface area contributed by atoms with Gasteiger partial charge in [-0.1, -0.05) is 25.1 Å². The van der Waals surface area contributed by atoms with E-state index >= 15 is 0 Å². The molecule has 0 amide bonds. The molecule has 0 spiro atoms. The van der Waals surface area contributed by atoms with Crippen LogP contribution in [-0.4, -0.2) is 28.3 Å². The van der Waals surface area contributed by atoms with Crippen molar-refractivity contribution in [3.05, 3.63) is 18.0 Å². The van der Waals surface area contributed by atoms with Gasteiger partial charge in [-0.2, -0.15) is 0 Å². The van der Waals surface area contributed by atoms with Gasteiger partial charge in [-0.25, -0.2) is 9.97 Å². The van der Waals surface area contributed by atoms with Gasteiger partial charge in [0, 0.05) is 23.7 Å². The van der Waals surface area contributed by atoms with Crippen LogP contribution in [0.25, 0.3) is 0 Å². The number of nitrogens with one attached hydrogen (secondary N) is 1. The van der Waals surface area contributed by atoms with E-state index in [1.54, 1.807) is 11.8 Å². The fraction of sp³-hybridized carbons (Fsp3) is 0.714. The van der Waals surface area contributed by atoms with Gasteiger partial charge < -0.3 is 5.32 Å². The first-order valence-electron chi connectivity index (χ1n) is 6.88. The van der Waals surface area contributed by atoms with Crippen molar-refractivity contribution >= 4 is 11.8 Å². The van der Waals surface area contributed by atoms with Crippen LogP contribution in [0, 0.1) is 6.92 Å². The maximum Gasteiger partial charge on any atom is 0.187 e. The van der Waals surface area contributed by atoms with E-state index in [9.17, 15) is 0 Å². The molecule has 1 aromatic heterocycles. The largest absolute Gasteiger partial charge is 0.314 e. The van der Waals surface area contributed by atoms with Gasteiger partial charge in [0.25, 0.3) is 0 Å². The molecule has 1 unspecified atom stereocenters. The topological polar surface area (TPSA) is 37.8 Å². The van der Waals surface area contributed by atoms with Crippen LogP contribution in [0.5, 0.6) is 0 Å². The minimum absolute atomic E-state index is 0.644. The average Bonchev–Trinajstić information content (AvgIpc) is 2.36. The Kier molecular flexibility index (Phi) is 8.01. The summed E-state index contributed by atoms with van der Waals surface area (Å²) in [4.78, 5) is 8.64. The molecule has 1 N–H and O–H groups in total. The van der Waals surface area contributed by atoms with E-state index in [0.29, 0.717) is 6.04 Å². The molecule has 0 bridgehead atoms. The molecule has 3 nitrogen and oxygen atoms in total. The zero-order chi connectivity index (χ0) is 13.2. The lowest BCUT2D eigenvalue weighted by Gasteiger charge is -2.12. The first kappa shape index (κ1) is 15.4. The molecule has 0 aromatic carbocycles. The molecule has 102 valence electrons. The van der Waals surface area contributed by atoms with Gasteiger partial charge in [-0.3, -0.25) is 0 Å². The van der Waals surface area contributed by atoms with Gasteiger partial charge >= 0.3 is 0 Å². The van der Waals surface area contributed by atoms with Gasteiger partial charge in [0.2, 0.25) is 0 Å². The van der Waals surface area contributed by atoms with Crippen LogP contribution >= 0.6 is 11.8 Å². The number of nitrogens with zero attached hydrogens (tertiary/aromatic N) is 2. The molecule has 1 heterocycles. The maximum absolute atomic E-state index is 4.39. The Hall–Kier alpha value is -0.610. The summed E-state index contributed by atoms with van der Waals surface area (Å²) in [5.74, 6) is 1.12. The second-order valence-electron chi connectivity index (χ2n) is 4.68. The van der Waals surface area contributed by atoms with Crippen LogP contribution in [0.1, 0.15) is 45.2 Å². The van der Waals surface area contributed by atoms with E-state index in [1.165, 1.54) is 25.7 Å².